The average Bonchev–Trinajstić information content (AvgIpc) is 2.93. The summed E-state index contributed by atoms with van der Waals surface area (Å²) in [6.07, 6.45) is 30.6. The van der Waals surface area contributed by atoms with Crippen LogP contribution in [0.25, 0.3) is 10.8 Å². The molecule has 0 atom stereocenters. The molecule has 0 saturated heterocycles. The topological polar surface area (TPSA) is 54.4 Å². The molecule has 0 fully saturated rings. The van der Waals surface area contributed by atoms with E-state index in [0.717, 1.165) is 35.6 Å². The van der Waals surface area contributed by atoms with Crippen LogP contribution in [0.15, 0.2) is 35.2 Å². The van der Waals surface area contributed by atoms with Gasteiger partial charge in [-0.15, -0.1) is 0 Å². The van der Waals surface area contributed by atoms with Crippen molar-refractivity contribution in [3.8, 4) is 0 Å². The normalized spacial score (nSPS) is 12.0. The van der Waals surface area contributed by atoms with Crippen molar-refractivity contribution in [3.63, 3.8) is 0 Å². The minimum absolute atomic E-state index is 0.0881. The molecule has 0 aliphatic carbocycles. The molecule has 3 nitrogen and oxygen atoms in total. The predicted molar refractivity (Wildman–Crippen MR) is 174 cm³/mol. The Labute approximate surface area is 247 Å². The predicted octanol–water partition coefficient (Wildman–Crippen LogP) is 11.8. The Balaban J connectivity index is 1.76. The summed E-state index contributed by atoms with van der Waals surface area (Å²) in [5.74, 6) is 0. The maximum atomic E-state index is 12.1. The van der Waals surface area contributed by atoms with Gasteiger partial charge in [-0.25, -0.2) is 0 Å². The van der Waals surface area contributed by atoms with Crippen LogP contribution in [0.1, 0.15) is 166 Å². The van der Waals surface area contributed by atoms with Gasteiger partial charge in [0.05, 0.1) is 4.90 Å². The zero-order chi connectivity index (χ0) is 28.9. The second-order valence-electron chi connectivity index (χ2n) is 12.2. The van der Waals surface area contributed by atoms with Gasteiger partial charge in [0.15, 0.2) is 0 Å². The first-order valence-electron chi connectivity index (χ1n) is 17.0. The number of unbranched alkanes of at least 4 members (excludes halogenated alkanes) is 20. The molecule has 40 heavy (non-hydrogen) atoms. The molecule has 0 saturated carbocycles. The number of fused-ring (bicyclic) bond motifs is 1. The van der Waals surface area contributed by atoms with E-state index in [4.69, 9.17) is 0 Å². The Hall–Kier alpha value is -1.39. The maximum Gasteiger partial charge on any atom is 0.294 e. The second kappa shape index (κ2) is 21.3. The molecule has 0 aliphatic heterocycles. The maximum absolute atomic E-state index is 12.1. The Morgan fingerprint density at radius 2 is 0.925 bits per heavy atom. The Morgan fingerprint density at radius 3 is 1.38 bits per heavy atom. The van der Waals surface area contributed by atoms with Crippen molar-refractivity contribution >= 4 is 20.9 Å². The molecule has 0 aliphatic rings. The molecule has 2 rings (SSSR count). The summed E-state index contributed by atoms with van der Waals surface area (Å²) in [5, 5.41) is 1.98. The highest BCUT2D eigenvalue weighted by atomic mass is 32.2. The largest absolute Gasteiger partial charge is 0.294 e. The Bertz CT molecular complexity index is 1030. The van der Waals surface area contributed by atoms with Crippen molar-refractivity contribution in [2.24, 2.45) is 0 Å². The molecule has 0 radical (unpaired) electrons. The van der Waals surface area contributed by atoms with Crippen molar-refractivity contribution in [3.05, 3.63) is 41.5 Å². The quantitative estimate of drug-likeness (QED) is 0.0950. The van der Waals surface area contributed by atoms with Gasteiger partial charge in [0, 0.05) is 0 Å². The van der Waals surface area contributed by atoms with Gasteiger partial charge in [0.1, 0.15) is 0 Å². The van der Waals surface area contributed by atoms with Crippen molar-refractivity contribution in [2.45, 2.75) is 173 Å². The lowest BCUT2D eigenvalue weighted by atomic mass is 9.98. The number of benzene rings is 2. The highest BCUT2D eigenvalue weighted by Crippen LogP contribution is 2.27. The van der Waals surface area contributed by atoms with E-state index in [-0.39, 0.29) is 4.90 Å². The lowest BCUT2D eigenvalue weighted by Gasteiger charge is -2.11. The van der Waals surface area contributed by atoms with E-state index in [0.29, 0.717) is 6.42 Å². The van der Waals surface area contributed by atoms with Crippen molar-refractivity contribution < 1.29 is 13.0 Å². The number of hydrogen-bond donors (Lipinski definition) is 1. The summed E-state index contributed by atoms with van der Waals surface area (Å²) in [6, 6.07) is 10.0. The monoisotopic (exact) mass is 572 g/mol. The summed E-state index contributed by atoms with van der Waals surface area (Å²) in [7, 11) is -4.23. The van der Waals surface area contributed by atoms with E-state index in [9.17, 15) is 13.0 Å². The summed E-state index contributed by atoms with van der Waals surface area (Å²) in [5.41, 5.74) is 2.08. The third kappa shape index (κ3) is 15.0. The Kier molecular flexibility index (Phi) is 18.6. The molecule has 1 N–H and O–H groups in total. The molecule has 228 valence electrons. The van der Waals surface area contributed by atoms with Gasteiger partial charge in [-0.2, -0.15) is 8.42 Å². The van der Waals surface area contributed by atoms with Crippen LogP contribution >= 0.6 is 0 Å². The fourth-order valence-electron chi connectivity index (χ4n) is 5.94. The minimum atomic E-state index is -4.23. The first kappa shape index (κ1) is 34.8. The fraction of sp³-hybridized carbons (Fsp3) is 0.722. The first-order chi connectivity index (χ1) is 19.5. The minimum Gasteiger partial charge on any atom is -0.282 e. The molecule has 0 amide bonds. The van der Waals surface area contributed by atoms with Gasteiger partial charge >= 0.3 is 0 Å². The molecular weight excluding hydrogens is 512 g/mol. The summed E-state index contributed by atoms with van der Waals surface area (Å²) in [6.45, 7) is 4.53. The van der Waals surface area contributed by atoms with E-state index in [2.05, 4.69) is 26.0 Å². The lowest BCUT2D eigenvalue weighted by Crippen LogP contribution is -2.04. The van der Waals surface area contributed by atoms with Crippen LogP contribution < -0.4 is 0 Å². The van der Waals surface area contributed by atoms with E-state index in [1.807, 2.05) is 12.1 Å². The summed E-state index contributed by atoms with van der Waals surface area (Å²) in [4.78, 5) is 0.0881. The third-order valence-electron chi connectivity index (χ3n) is 8.48. The lowest BCUT2D eigenvalue weighted by molar-refractivity contribution is 0.481. The molecule has 0 spiro atoms. The smallest absolute Gasteiger partial charge is 0.282 e. The van der Waals surface area contributed by atoms with Crippen LogP contribution in [0.5, 0.6) is 0 Å². The molecular formula is C36H60O3S. The van der Waals surface area contributed by atoms with Crippen LogP contribution in [0.2, 0.25) is 0 Å². The zero-order valence-electron chi connectivity index (χ0n) is 26.0. The van der Waals surface area contributed by atoms with Crippen LogP contribution in [0.3, 0.4) is 0 Å². The molecule has 0 bridgehead atoms. The highest BCUT2D eigenvalue weighted by molar-refractivity contribution is 7.85. The molecule has 0 heterocycles. The molecule has 0 unspecified atom stereocenters. The zero-order valence-corrected chi connectivity index (χ0v) is 26.8. The van der Waals surface area contributed by atoms with Crippen LogP contribution in [-0.4, -0.2) is 13.0 Å². The SMILES string of the molecule is CCCCCCCCCCCCCc1ccc2cc(S(=O)(=O)O)c(CCCCCCCCCCCCC)cc2c1. The summed E-state index contributed by atoms with van der Waals surface area (Å²) < 4.78 is 34.2. The Morgan fingerprint density at radius 1 is 0.500 bits per heavy atom. The number of aryl methyl sites for hydroxylation is 2. The molecule has 4 heteroatoms. The number of hydrogen-bond acceptors (Lipinski definition) is 2. The van der Waals surface area contributed by atoms with Crippen LogP contribution in [0.4, 0.5) is 0 Å². The van der Waals surface area contributed by atoms with Gasteiger partial charge in [0.25, 0.3) is 10.1 Å². The van der Waals surface area contributed by atoms with Gasteiger partial charge in [-0.3, -0.25) is 4.55 Å². The van der Waals surface area contributed by atoms with Gasteiger partial charge in [0.2, 0.25) is 0 Å². The van der Waals surface area contributed by atoms with E-state index in [1.165, 1.54) is 134 Å². The number of rotatable bonds is 25. The highest BCUT2D eigenvalue weighted by Gasteiger charge is 2.16. The molecule has 0 aromatic heterocycles. The first-order valence-corrected chi connectivity index (χ1v) is 18.4. The molecule has 2 aromatic carbocycles. The van der Waals surface area contributed by atoms with E-state index < -0.39 is 10.1 Å². The van der Waals surface area contributed by atoms with E-state index >= 15 is 0 Å². The summed E-state index contributed by atoms with van der Waals surface area (Å²) >= 11 is 0. The molecule has 2 aromatic rings. The van der Waals surface area contributed by atoms with Crippen molar-refractivity contribution in [2.75, 3.05) is 0 Å². The van der Waals surface area contributed by atoms with Crippen molar-refractivity contribution in [1.82, 2.24) is 0 Å². The van der Waals surface area contributed by atoms with Crippen molar-refractivity contribution in [1.29, 1.82) is 0 Å². The second-order valence-corrected chi connectivity index (χ2v) is 13.6. The van der Waals surface area contributed by atoms with Gasteiger partial charge in [-0.05, 0) is 59.7 Å². The average molecular weight is 573 g/mol. The van der Waals surface area contributed by atoms with Crippen LogP contribution in [0, 0.1) is 0 Å². The van der Waals surface area contributed by atoms with Crippen LogP contribution in [-0.2, 0) is 23.0 Å². The van der Waals surface area contributed by atoms with Gasteiger partial charge < -0.3 is 0 Å². The van der Waals surface area contributed by atoms with E-state index in [1.54, 1.807) is 6.07 Å². The van der Waals surface area contributed by atoms with Gasteiger partial charge in [-0.1, -0.05) is 160 Å². The fourth-order valence-corrected chi connectivity index (χ4v) is 6.71. The standard InChI is InChI=1S/C36H60O3S/c1-3-5-7-9-11-13-15-17-19-21-23-25-32-27-28-33-31-36(40(37,38)39)34(30-35(33)29-32)26-24-22-20-18-16-14-12-10-8-6-4-2/h27-31H,3-26H2,1-2H3,(H,37,38,39). The third-order valence-corrected chi connectivity index (χ3v) is 9.42.